The van der Waals surface area contributed by atoms with E-state index in [1.54, 1.807) is 18.7 Å². The summed E-state index contributed by atoms with van der Waals surface area (Å²) in [5.41, 5.74) is 3.85. The van der Waals surface area contributed by atoms with Crippen LogP contribution in [0.3, 0.4) is 0 Å². The van der Waals surface area contributed by atoms with Crippen LogP contribution in [0.15, 0.2) is 6.07 Å². The molecule has 1 saturated heterocycles. The maximum Gasteiger partial charge on any atom is 0.321 e. The van der Waals surface area contributed by atoms with Gasteiger partial charge in [0, 0.05) is 36.4 Å². The quantitative estimate of drug-likeness (QED) is 0.616. The molecule has 0 unspecified atom stereocenters. The summed E-state index contributed by atoms with van der Waals surface area (Å²) in [6.07, 6.45) is 1.15. The molecule has 2 rings (SSSR count). The summed E-state index contributed by atoms with van der Waals surface area (Å²) in [7, 11) is -3.32. The Labute approximate surface area is 186 Å². The lowest BCUT2D eigenvalue weighted by molar-refractivity contribution is 0.0942. The largest absolute Gasteiger partial charge is 0.350 e. The number of carbonyl (C=O) groups is 2. The van der Waals surface area contributed by atoms with E-state index >= 15 is 0 Å². The predicted molar refractivity (Wildman–Crippen MR) is 124 cm³/mol. The maximum absolute atomic E-state index is 12.8. The van der Waals surface area contributed by atoms with Crippen LogP contribution < -0.4 is 15.4 Å². The number of nitrogens with one attached hydrogen (secondary N) is 3. The second-order valence-corrected chi connectivity index (χ2v) is 11.2. The Kier molecular flexibility index (Phi) is 8.10. The Balaban J connectivity index is 2.06. The van der Waals surface area contributed by atoms with Gasteiger partial charge in [0.2, 0.25) is 10.0 Å². The first-order valence-electron chi connectivity index (χ1n) is 10.8. The molecule has 1 heterocycles. The Bertz CT molecular complexity index is 933. The molecule has 0 atom stereocenters. The number of anilines is 1. The lowest BCUT2D eigenvalue weighted by Crippen LogP contribution is -2.48. The standard InChI is InChI=1S/C22H36N4O4S/c1-13(2)23-21(27)19-12-15(5)20(17(7)16(19)6)24-22(28)26-10-8-18(9-11-26)25-31(29,30)14(3)4/h12-14,18,25H,8-11H2,1-7H3,(H,23,27)(H,24,28). The molecule has 174 valence electrons. The van der Waals surface area contributed by atoms with Crippen LogP contribution in [0.1, 0.15) is 67.6 Å². The number of carbonyl (C=O) groups excluding carboxylic acids is 2. The molecule has 1 aromatic rings. The number of nitrogens with zero attached hydrogens (tertiary/aromatic N) is 1. The summed E-state index contributed by atoms with van der Waals surface area (Å²) in [5.74, 6) is -0.123. The van der Waals surface area contributed by atoms with Crippen molar-refractivity contribution in [1.29, 1.82) is 0 Å². The highest BCUT2D eigenvalue weighted by Crippen LogP contribution is 2.27. The van der Waals surface area contributed by atoms with E-state index in [9.17, 15) is 18.0 Å². The lowest BCUT2D eigenvalue weighted by Gasteiger charge is -2.33. The van der Waals surface area contributed by atoms with Gasteiger partial charge in [-0.3, -0.25) is 4.79 Å². The number of piperidine rings is 1. The molecule has 0 spiro atoms. The third kappa shape index (κ3) is 6.20. The minimum Gasteiger partial charge on any atom is -0.350 e. The minimum absolute atomic E-state index is 0.0415. The van der Waals surface area contributed by atoms with E-state index in [0.717, 1.165) is 16.7 Å². The van der Waals surface area contributed by atoms with Crippen molar-refractivity contribution in [1.82, 2.24) is 14.9 Å². The number of sulfonamides is 1. The summed E-state index contributed by atoms with van der Waals surface area (Å²) < 4.78 is 26.9. The van der Waals surface area contributed by atoms with Gasteiger partial charge < -0.3 is 15.5 Å². The SMILES string of the molecule is Cc1cc(C(=O)NC(C)C)c(C)c(C)c1NC(=O)N1CCC(NS(=O)(=O)C(C)C)CC1. The monoisotopic (exact) mass is 452 g/mol. The Morgan fingerprint density at radius 3 is 2.13 bits per heavy atom. The van der Waals surface area contributed by atoms with Crippen LogP contribution in [0.4, 0.5) is 10.5 Å². The number of benzene rings is 1. The van der Waals surface area contributed by atoms with Gasteiger partial charge in [0.25, 0.3) is 5.91 Å². The topological polar surface area (TPSA) is 108 Å². The van der Waals surface area contributed by atoms with E-state index in [2.05, 4.69) is 15.4 Å². The van der Waals surface area contributed by atoms with Gasteiger partial charge in [0.05, 0.1) is 5.25 Å². The van der Waals surface area contributed by atoms with Gasteiger partial charge in [-0.2, -0.15) is 0 Å². The fraction of sp³-hybridized carbons (Fsp3) is 0.636. The second-order valence-electron chi connectivity index (χ2n) is 8.90. The molecular weight excluding hydrogens is 416 g/mol. The Morgan fingerprint density at radius 2 is 1.61 bits per heavy atom. The van der Waals surface area contributed by atoms with Crippen LogP contribution in [0, 0.1) is 20.8 Å². The lowest BCUT2D eigenvalue weighted by atomic mass is 9.96. The van der Waals surface area contributed by atoms with Gasteiger partial charge in [-0.05, 0) is 84.1 Å². The molecule has 31 heavy (non-hydrogen) atoms. The van der Waals surface area contributed by atoms with Gasteiger partial charge in [-0.15, -0.1) is 0 Å². The third-order valence-electron chi connectivity index (χ3n) is 5.73. The molecule has 9 heteroatoms. The number of aryl methyl sites for hydroxylation is 1. The molecule has 1 aliphatic rings. The molecule has 0 radical (unpaired) electrons. The second kappa shape index (κ2) is 9.99. The van der Waals surface area contributed by atoms with Crippen molar-refractivity contribution in [2.45, 2.75) is 78.6 Å². The fourth-order valence-electron chi connectivity index (χ4n) is 3.61. The molecule has 1 fully saturated rings. The maximum atomic E-state index is 12.8. The van der Waals surface area contributed by atoms with Crippen LogP contribution in [-0.2, 0) is 10.0 Å². The molecule has 3 amide bonds. The van der Waals surface area contributed by atoms with E-state index in [1.807, 2.05) is 40.7 Å². The number of likely N-dealkylation sites (tertiary alicyclic amines) is 1. The first-order chi connectivity index (χ1) is 14.3. The van der Waals surface area contributed by atoms with Crippen LogP contribution in [0.25, 0.3) is 0 Å². The Hall–Kier alpha value is -2.13. The summed E-state index contributed by atoms with van der Waals surface area (Å²) in [4.78, 5) is 27.0. The molecule has 3 N–H and O–H groups in total. The van der Waals surface area contributed by atoms with E-state index < -0.39 is 15.3 Å². The number of urea groups is 1. The van der Waals surface area contributed by atoms with Crippen molar-refractivity contribution in [3.63, 3.8) is 0 Å². The van der Waals surface area contributed by atoms with Gasteiger partial charge in [0.15, 0.2) is 0 Å². The van der Waals surface area contributed by atoms with Gasteiger partial charge >= 0.3 is 6.03 Å². The van der Waals surface area contributed by atoms with Crippen LogP contribution in [-0.4, -0.2) is 55.7 Å². The first-order valence-corrected chi connectivity index (χ1v) is 12.4. The van der Waals surface area contributed by atoms with Gasteiger partial charge in [-0.1, -0.05) is 0 Å². The molecule has 8 nitrogen and oxygen atoms in total. The van der Waals surface area contributed by atoms with Crippen molar-refractivity contribution in [3.05, 3.63) is 28.3 Å². The van der Waals surface area contributed by atoms with Gasteiger partial charge in [0.1, 0.15) is 0 Å². The molecule has 0 aliphatic carbocycles. The van der Waals surface area contributed by atoms with E-state index in [-0.39, 0.29) is 24.0 Å². The van der Waals surface area contributed by atoms with E-state index in [4.69, 9.17) is 0 Å². The zero-order valence-corrected chi connectivity index (χ0v) is 20.4. The highest BCUT2D eigenvalue weighted by atomic mass is 32.2. The normalized spacial score (nSPS) is 15.5. The fourth-order valence-corrected chi connectivity index (χ4v) is 4.58. The van der Waals surface area contributed by atoms with Crippen molar-refractivity contribution in [2.24, 2.45) is 0 Å². The van der Waals surface area contributed by atoms with E-state index in [1.165, 1.54) is 0 Å². The van der Waals surface area contributed by atoms with Crippen molar-refractivity contribution < 1.29 is 18.0 Å². The third-order valence-corrected chi connectivity index (χ3v) is 7.63. The summed E-state index contributed by atoms with van der Waals surface area (Å²) in [6.45, 7) is 13.7. The smallest absolute Gasteiger partial charge is 0.321 e. The van der Waals surface area contributed by atoms with Crippen LogP contribution in [0.5, 0.6) is 0 Å². The number of hydrogen-bond donors (Lipinski definition) is 3. The molecule has 0 bridgehead atoms. The minimum atomic E-state index is -3.32. The first kappa shape index (κ1) is 25.1. The summed E-state index contributed by atoms with van der Waals surface area (Å²) >= 11 is 0. The van der Waals surface area contributed by atoms with Crippen molar-refractivity contribution >= 4 is 27.6 Å². The van der Waals surface area contributed by atoms with Crippen molar-refractivity contribution in [3.8, 4) is 0 Å². The number of rotatable bonds is 6. The zero-order valence-electron chi connectivity index (χ0n) is 19.6. The van der Waals surface area contributed by atoms with Crippen molar-refractivity contribution in [2.75, 3.05) is 18.4 Å². The number of amides is 3. The number of hydrogen-bond acceptors (Lipinski definition) is 4. The molecule has 0 aromatic heterocycles. The molecule has 0 saturated carbocycles. The molecule has 1 aliphatic heterocycles. The Morgan fingerprint density at radius 1 is 1.03 bits per heavy atom. The predicted octanol–water partition coefficient (Wildman–Crippen LogP) is 3.07. The highest BCUT2D eigenvalue weighted by Gasteiger charge is 2.28. The molecule has 1 aromatic carbocycles. The van der Waals surface area contributed by atoms with Crippen LogP contribution in [0.2, 0.25) is 0 Å². The summed E-state index contributed by atoms with van der Waals surface area (Å²) in [6, 6.07) is 1.48. The van der Waals surface area contributed by atoms with E-state index in [0.29, 0.717) is 37.2 Å². The highest BCUT2D eigenvalue weighted by molar-refractivity contribution is 7.90. The average Bonchev–Trinajstić information content (AvgIpc) is 2.67. The van der Waals surface area contributed by atoms with Crippen LogP contribution >= 0.6 is 0 Å². The summed E-state index contributed by atoms with van der Waals surface area (Å²) in [5, 5.41) is 5.43. The van der Waals surface area contributed by atoms with Gasteiger partial charge in [-0.25, -0.2) is 17.9 Å². The molecular formula is C22H36N4O4S. The zero-order chi connectivity index (χ0) is 23.5. The average molecular weight is 453 g/mol.